The first-order valence-corrected chi connectivity index (χ1v) is 27.5. The molecule has 0 aliphatic heterocycles. The number of carbonyl (C=O) groups is 3. The summed E-state index contributed by atoms with van der Waals surface area (Å²) >= 11 is 0. The second-order valence-electron chi connectivity index (χ2n) is 18.5. The molecule has 1 unspecified atom stereocenters. The highest BCUT2D eigenvalue weighted by molar-refractivity contribution is 5.71. The summed E-state index contributed by atoms with van der Waals surface area (Å²) in [6.07, 6.45) is 61.5. The fraction of sp³-hybridized carbons (Fsp3) is 0.842. The fourth-order valence-corrected chi connectivity index (χ4v) is 7.95. The highest BCUT2D eigenvalue weighted by atomic mass is 16.6. The summed E-state index contributed by atoms with van der Waals surface area (Å²) in [7, 11) is 0. The maximum absolute atomic E-state index is 12.7. The lowest BCUT2D eigenvalue weighted by molar-refractivity contribution is -0.167. The van der Waals surface area contributed by atoms with E-state index in [1.54, 1.807) is 0 Å². The van der Waals surface area contributed by atoms with Gasteiger partial charge in [-0.1, -0.05) is 237 Å². The molecule has 0 saturated heterocycles. The molecule has 0 N–H and O–H groups in total. The van der Waals surface area contributed by atoms with Crippen LogP contribution in [-0.2, 0) is 28.6 Å². The van der Waals surface area contributed by atoms with E-state index in [1.165, 1.54) is 167 Å². The van der Waals surface area contributed by atoms with Crippen LogP contribution in [0.5, 0.6) is 0 Å². The van der Waals surface area contributed by atoms with Crippen LogP contribution in [0.25, 0.3) is 0 Å². The number of carbonyl (C=O) groups excluding carboxylic acids is 3. The molecule has 0 heterocycles. The van der Waals surface area contributed by atoms with Gasteiger partial charge in [-0.3, -0.25) is 14.4 Å². The molecule has 0 bridgehead atoms. The minimum Gasteiger partial charge on any atom is -0.462 e. The molecule has 0 aromatic carbocycles. The molecule has 0 rings (SSSR count). The molecular weight excluding hydrogens is 781 g/mol. The molecule has 1 atom stereocenters. The van der Waals surface area contributed by atoms with Crippen molar-refractivity contribution in [1.82, 2.24) is 0 Å². The van der Waals surface area contributed by atoms with Crippen LogP contribution in [0.3, 0.4) is 0 Å². The SMILES string of the molecule is CCC/C=C\CCCCCCCC(=O)OC(COC(=O)CCCCCCCCCCCC)COC(=O)CCCCCCCCCCCCCCC/C=C\C/C=C\CCCCCCC. The fourth-order valence-electron chi connectivity index (χ4n) is 7.95. The molecule has 6 heteroatoms. The predicted molar refractivity (Wildman–Crippen MR) is 270 cm³/mol. The predicted octanol–water partition coefficient (Wildman–Crippen LogP) is 18.1. The summed E-state index contributed by atoms with van der Waals surface area (Å²) in [6.45, 7) is 6.57. The van der Waals surface area contributed by atoms with Crippen molar-refractivity contribution in [2.45, 2.75) is 297 Å². The molecule has 368 valence electrons. The van der Waals surface area contributed by atoms with Crippen molar-refractivity contribution in [3.63, 3.8) is 0 Å². The van der Waals surface area contributed by atoms with Crippen LogP contribution in [0.2, 0.25) is 0 Å². The van der Waals surface area contributed by atoms with E-state index in [-0.39, 0.29) is 31.1 Å². The number of unbranched alkanes of at least 4 members (excludes halogenated alkanes) is 33. The normalized spacial score (nSPS) is 12.2. The van der Waals surface area contributed by atoms with Gasteiger partial charge in [-0.15, -0.1) is 0 Å². The number of ether oxygens (including phenoxy) is 3. The van der Waals surface area contributed by atoms with E-state index in [2.05, 4.69) is 57.2 Å². The monoisotopic (exact) mass is 885 g/mol. The number of allylic oxidation sites excluding steroid dienone is 6. The van der Waals surface area contributed by atoms with Gasteiger partial charge >= 0.3 is 17.9 Å². The summed E-state index contributed by atoms with van der Waals surface area (Å²) in [6, 6.07) is 0. The van der Waals surface area contributed by atoms with Gasteiger partial charge in [-0.25, -0.2) is 0 Å². The van der Waals surface area contributed by atoms with E-state index in [4.69, 9.17) is 14.2 Å². The molecule has 6 nitrogen and oxygen atoms in total. The smallest absolute Gasteiger partial charge is 0.306 e. The van der Waals surface area contributed by atoms with Crippen LogP contribution < -0.4 is 0 Å². The zero-order valence-electron chi connectivity index (χ0n) is 42.1. The summed E-state index contributed by atoms with van der Waals surface area (Å²) in [4.78, 5) is 37.9. The van der Waals surface area contributed by atoms with Crippen LogP contribution in [0.15, 0.2) is 36.5 Å². The molecule has 0 fully saturated rings. The highest BCUT2D eigenvalue weighted by Gasteiger charge is 2.19. The maximum Gasteiger partial charge on any atom is 0.306 e. The van der Waals surface area contributed by atoms with Gasteiger partial charge in [0, 0.05) is 19.3 Å². The lowest BCUT2D eigenvalue weighted by Gasteiger charge is -2.18. The Labute approximate surface area is 391 Å². The van der Waals surface area contributed by atoms with E-state index < -0.39 is 6.10 Å². The molecule has 0 aromatic heterocycles. The van der Waals surface area contributed by atoms with Crippen LogP contribution in [0, 0.1) is 0 Å². The van der Waals surface area contributed by atoms with E-state index in [1.807, 2.05) is 0 Å². The quantitative estimate of drug-likeness (QED) is 0.0262. The van der Waals surface area contributed by atoms with Gasteiger partial charge in [0.1, 0.15) is 13.2 Å². The van der Waals surface area contributed by atoms with Crippen molar-refractivity contribution < 1.29 is 28.6 Å². The van der Waals surface area contributed by atoms with Gasteiger partial charge in [0.25, 0.3) is 0 Å². The standard InChI is InChI=1S/C57H104O6/c1-4-7-10-13-16-19-22-23-24-25-26-27-28-29-30-31-32-33-34-35-36-39-41-44-47-50-56(59)62-53-54(63-57(60)51-48-45-42-38-21-18-15-12-9-6-3)52-61-55(58)49-46-43-40-37-20-17-14-11-8-5-2/h12,15,22-23,25-26,54H,4-11,13-14,16-21,24,27-53H2,1-3H3/b15-12-,23-22-,26-25-. The Morgan fingerprint density at radius 3 is 0.952 bits per heavy atom. The Hall–Kier alpha value is -2.37. The first kappa shape index (κ1) is 60.6. The van der Waals surface area contributed by atoms with Crippen molar-refractivity contribution in [2.75, 3.05) is 13.2 Å². The number of hydrogen-bond acceptors (Lipinski definition) is 6. The summed E-state index contributed by atoms with van der Waals surface area (Å²) in [5.41, 5.74) is 0. The zero-order chi connectivity index (χ0) is 45.8. The third-order valence-electron chi connectivity index (χ3n) is 12.1. The van der Waals surface area contributed by atoms with Crippen LogP contribution in [0.4, 0.5) is 0 Å². The Bertz CT molecular complexity index is 1060. The highest BCUT2D eigenvalue weighted by Crippen LogP contribution is 2.16. The molecule has 63 heavy (non-hydrogen) atoms. The van der Waals surface area contributed by atoms with Crippen molar-refractivity contribution in [1.29, 1.82) is 0 Å². The van der Waals surface area contributed by atoms with Crippen molar-refractivity contribution >= 4 is 17.9 Å². The molecule has 0 aliphatic rings. The van der Waals surface area contributed by atoms with Crippen molar-refractivity contribution in [3.05, 3.63) is 36.5 Å². The zero-order valence-corrected chi connectivity index (χ0v) is 42.1. The minimum atomic E-state index is -0.771. The van der Waals surface area contributed by atoms with Crippen molar-refractivity contribution in [3.8, 4) is 0 Å². The first-order valence-electron chi connectivity index (χ1n) is 27.5. The number of rotatable bonds is 50. The van der Waals surface area contributed by atoms with Gasteiger partial charge in [0.2, 0.25) is 0 Å². The van der Waals surface area contributed by atoms with Gasteiger partial charge < -0.3 is 14.2 Å². The largest absolute Gasteiger partial charge is 0.462 e. The van der Waals surface area contributed by atoms with Gasteiger partial charge in [0.05, 0.1) is 0 Å². The maximum atomic E-state index is 12.7. The van der Waals surface area contributed by atoms with Crippen molar-refractivity contribution in [2.24, 2.45) is 0 Å². The Kier molecular flexibility index (Phi) is 50.3. The summed E-state index contributed by atoms with van der Waals surface area (Å²) in [5, 5.41) is 0. The number of esters is 3. The third kappa shape index (κ3) is 50.5. The van der Waals surface area contributed by atoms with Gasteiger partial charge in [0.15, 0.2) is 6.10 Å². The average Bonchev–Trinajstić information content (AvgIpc) is 3.28. The summed E-state index contributed by atoms with van der Waals surface area (Å²) < 4.78 is 16.8. The van der Waals surface area contributed by atoms with E-state index >= 15 is 0 Å². The lowest BCUT2D eigenvalue weighted by atomic mass is 10.0. The Morgan fingerprint density at radius 2 is 0.603 bits per heavy atom. The van der Waals surface area contributed by atoms with Crippen LogP contribution in [0.1, 0.15) is 290 Å². The van der Waals surface area contributed by atoms with E-state index in [0.717, 1.165) is 83.5 Å². The molecule has 0 aliphatic carbocycles. The Balaban J connectivity index is 4.12. The Morgan fingerprint density at radius 1 is 0.317 bits per heavy atom. The average molecular weight is 885 g/mol. The second kappa shape index (κ2) is 52.3. The lowest BCUT2D eigenvalue weighted by Crippen LogP contribution is -2.30. The number of hydrogen-bond donors (Lipinski definition) is 0. The van der Waals surface area contributed by atoms with E-state index in [9.17, 15) is 14.4 Å². The van der Waals surface area contributed by atoms with Crippen LogP contribution >= 0.6 is 0 Å². The molecule has 0 saturated carbocycles. The minimum absolute atomic E-state index is 0.0726. The third-order valence-corrected chi connectivity index (χ3v) is 12.1. The molecular formula is C57H104O6. The molecule has 0 amide bonds. The van der Waals surface area contributed by atoms with Gasteiger partial charge in [-0.05, 0) is 70.6 Å². The topological polar surface area (TPSA) is 78.9 Å². The van der Waals surface area contributed by atoms with Gasteiger partial charge in [-0.2, -0.15) is 0 Å². The molecule has 0 aromatic rings. The van der Waals surface area contributed by atoms with Crippen LogP contribution in [-0.4, -0.2) is 37.2 Å². The molecule has 0 spiro atoms. The van der Waals surface area contributed by atoms with E-state index in [0.29, 0.717) is 19.3 Å². The first-order chi connectivity index (χ1) is 31.0. The molecule has 0 radical (unpaired) electrons. The second-order valence-corrected chi connectivity index (χ2v) is 18.5. The summed E-state index contributed by atoms with van der Waals surface area (Å²) in [5.74, 6) is -0.876.